The summed E-state index contributed by atoms with van der Waals surface area (Å²) >= 11 is 0. The molecule has 29 heavy (non-hydrogen) atoms. The van der Waals surface area contributed by atoms with E-state index in [2.05, 4.69) is 10.6 Å². The molecule has 0 unspecified atom stereocenters. The van der Waals surface area contributed by atoms with Gasteiger partial charge in [0.25, 0.3) is 5.91 Å². The Labute approximate surface area is 167 Å². The van der Waals surface area contributed by atoms with E-state index in [9.17, 15) is 19.2 Å². The second-order valence-corrected chi connectivity index (χ2v) is 6.76. The second kappa shape index (κ2) is 8.55. The molecule has 0 atom stereocenters. The van der Waals surface area contributed by atoms with Gasteiger partial charge in [0.05, 0.1) is 18.7 Å². The third-order valence-electron chi connectivity index (χ3n) is 4.59. The molecule has 4 amide bonds. The lowest BCUT2D eigenvalue weighted by Gasteiger charge is -2.12. The van der Waals surface area contributed by atoms with E-state index in [4.69, 9.17) is 4.74 Å². The maximum absolute atomic E-state index is 12.1. The van der Waals surface area contributed by atoms with Gasteiger partial charge in [-0.15, -0.1) is 0 Å². The van der Waals surface area contributed by atoms with Gasteiger partial charge in [-0.05, 0) is 54.8 Å². The van der Waals surface area contributed by atoms with Gasteiger partial charge < -0.3 is 15.4 Å². The van der Waals surface area contributed by atoms with E-state index < -0.39 is 24.5 Å². The number of amides is 4. The van der Waals surface area contributed by atoms with Crippen molar-refractivity contribution in [2.75, 3.05) is 18.5 Å². The lowest BCUT2D eigenvalue weighted by atomic mass is 10.1. The van der Waals surface area contributed by atoms with Gasteiger partial charge in [0, 0.05) is 5.69 Å². The Kier molecular flexibility index (Phi) is 5.92. The zero-order valence-corrected chi connectivity index (χ0v) is 16.2. The van der Waals surface area contributed by atoms with Crippen LogP contribution in [0.4, 0.5) is 10.5 Å². The second-order valence-electron chi connectivity index (χ2n) is 6.76. The van der Waals surface area contributed by atoms with Crippen molar-refractivity contribution in [3.05, 3.63) is 64.7 Å². The highest BCUT2D eigenvalue weighted by atomic mass is 16.5. The molecule has 3 rings (SSSR count). The summed E-state index contributed by atoms with van der Waals surface area (Å²) in [5.41, 5.74) is 3.77. The van der Waals surface area contributed by atoms with E-state index in [1.54, 1.807) is 18.2 Å². The number of benzene rings is 2. The Bertz CT molecular complexity index is 953. The van der Waals surface area contributed by atoms with Crippen molar-refractivity contribution in [3.63, 3.8) is 0 Å². The molecule has 0 saturated carbocycles. The maximum atomic E-state index is 12.1. The van der Waals surface area contributed by atoms with Crippen LogP contribution in [0, 0.1) is 13.8 Å². The highest BCUT2D eigenvalue weighted by Gasteiger charge is 2.28. The molecule has 0 spiro atoms. The van der Waals surface area contributed by atoms with Crippen LogP contribution in [0.15, 0.2) is 42.5 Å². The lowest BCUT2D eigenvalue weighted by molar-refractivity contribution is -0.125. The van der Waals surface area contributed by atoms with Crippen molar-refractivity contribution in [2.24, 2.45) is 0 Å². The van der Waals surface area contributed by atoms with Crippen LogP contribution in [0.2, 0.25) is 0 Å². The molecule has 2 aromatic carbocycles. The van der Waals surface area contributed by atoms with Crippen LogP contribution in [0.1, 0.15) is 27.0 Å². The molecule has 1 aliphatic heterocycles. The molecule has 0 aromatic heterocycles. The largest absolute Gasteiger partial charge is 0.452 e. The number of nitrogens with one attached hydrogen (secondary N) is 2. The quantitative estimate of drug-likeness (QED) is 0.576. The van der Waals surface area contributed by atoms with Crippen LogP contribution in [0.3, 0.4) is 0 Å². The Morgan fingerprint density at radius 3 is 2.41 bits per heavy atom. The van der Waals surface area contributed by atoms with Gasteiger partial charge in [0.15, 0.2) is 6.61 Å². The molecule has 1 heterocycles. The molecular weight excluding hydrogens is 374 g/mol. The highest BCUT2D eigenvalue weighted by Crippen LogP contribution is 2.14. The number of ether oxygens (including phenoxy) is 1. The number of urea groups is 1. The number of hydrogen-bond acceptors (Lipinski definition) is 5. The minimum atomic E-state index is -0.637. The molecule has 0 aliphatic carbocycles. The zero-order valence-electron chi connectivity index (χ0n) is 16.2. The number of carbonyl (C=O) groups excluding carboxylic acids is 4. The normalized spacial score (nSPS) is 13.2. The summed E-state index contributed by atoms with van der Waals surface area (Å²) in [6.45, 7) is 3.63. The van der Waals surface area contributed by atoms with E-state index >= 15 is 0 Å². The summed E-state index contributed by atoms with van der Waals surface area (Å²) in [5, 5.41) is 5.13. The summed E-state index contributed by atoms with van der Waals surface area (Å²) in [6.07, 6.45) is 0. The third-order valence-corrected chi connectivity index (χ3v) is 4.59. The molecular formula is C21H21N3O5. The van der Waals surface area contributed by atoms with Crippen LogP contribution in [-0.2, 0) is 20.9 Å². The average Bonchev–Trinajstić information content (AvgIpc) is 3.01. The SMILES string of the molecule is Cc1ccc(NC(=O)COC(=O)c2ccc(CN3C(=O)CNC3=O)cc2)cc1C. The van der Waals surface area contributed by atoms with Crippen molar-refractivity contribution in [1.29, 1.82) is 0 Å². The first-order valence-electron chi connectivity index (χ1n) is 9.05. The summed E-state index contributed by atoms with van der Waals surface area (Å²) < 4.78 is 5.04. The predicted octanol–water partition coefficient (Wildman–Crippen LogP) is 2.15. The Balaban J connectivity index is 1.51. The van der Waals surface area contributed by atoms with Gasteiger partial charge >= 0.3 is 12.0 Å². The smallest absolute Gasteiger partial charge is 0.338 e. The zero-order chi connectivity index (χ0) is 21.0. The summed E-state index contributed by atoms with van der Waals surface area (Å²) in [4.78, 5) is 48.4. The van der Waals surface area contributed by atoms with Crippen LogP contribution in [0.25, 0.3) is 0 Å². The Hall–Kier alpha value is -3.68. The lowest BCUT2D eigenvalue weighted by Crippen LogP contribution is -2.30. The van der Waals surface area contributed by atoms with E-state index in [-0.39, 0.29) is 24.6 Å². The molecule has 1 aliphatic rings. The van der Waals surface area contributed by atoms with Crippen molar-refractivity contribution in [2.45, 2.75) is 20.4 Å². The highest BCUT2D eigenvalue weighted by molar-refractivity contribution is 6.01. The standard InChI is InChI=1S/C21H21N3O5/c1-13-3-8-17(9-14(13)2)23-18(25)12-29-20(27)16-6-4-15(5-7-16)11-24-19(26)10-22-21(24)28/h3-9H,10-12H2,1-2H3,(H,22,28)(H,23,25). The van der Waals surface area contributed by atoms with Crippen LogP contribution >= 0.6 is 0 Å². The fourth-order valence-corrected chi connectivity index (χ4v) is 2.77. The van der Waals surface area contributed by atoms with Crippen LogP contribution in [0.5, 0.6) is 0 Å². The topological polar surface area (TPSA) is 105 Å². The number of imide groups is 1. The van der Waals surface area contributed by atoms with Gasteiger partial charge in [0.1, 0.15) is 0 Å². The monoisotopic (exact) mass is 395 g/mol. The molecule has 1 fully saturated rings. The first kappa shape index (κ1) is 20.1. The van der Waals surface area contributed by atoms with Gasteiger partial charge in [-0.2, -0.15) is 0 Å². The Morgan fingerprint density at radius 1 is 1.07 bits per heavy atom. The van der Waals surface area contributed by atoms with Gasteiger partial charge in [-0.1, -0.05) is 18.2 Å². The van der Waals surface area contributed by atoms with Crippen molar-refractivity contribution >= 4 is 29.5 Å². The molecule has 1 saturated heterocycles. The van der Waals surface area contributed by atoms with E-state index in [1.165, 1.54) is 12.1 Å². The fourth-order valence-electron chi connectivity index (χ4n) is 2.77. The third kappa shape index (κ3) is 4.98. The predicted molar refractivity (Wildman–Crippen MR) is 105 cm³/mol. The number of carbonyl (C=O) groups is 4. The number of esters is 1. The number of nitrogens with zero attached hydrogens (tertiary/aromatic N) is 1. The Morgan fingerprint density at radius 2 is 1.79 bits per heavy atom. The van der Waals surface area contributed by atoms with Gasteiger partial charge in [-0.25, -0.2) is 9.59 Å². The van der Waals surface area contributed by atoms with Gasteiger partial charge in [-0.3, -0.25) is 14.5 Å². The summed E-state index contributed by atoms with van der Waals surface area (Å²) in [6, 6.07) is 11.4. The number of rotatable bonds is 6. The van der Waals surface area contributed by atoms with Crippen LogP contribution < -0.4 is 10.6 Å². The molecule has 8 nitrogen and oxygen atoms in total. The summed E-state index contributed by atoms with van der Waals surface area (Å²) in [7, 11) is 0. The van der Waals surface area contributed by atoms with Crippen molar-refractivity contribution in [1.82, 2.24) is 10.2 Å². The fraction of sp³-hybridized carbons (Fsp3) is 0.238. The molecule has 8 heteroatoms. The van der Waals surface area contributed by atoms with Crippen LogP contribution in [-0.4, -0.2) is 41.9 Å². The minimum Gasteiger partial charge on any atom is -0.452 e. The van der Waals surface area contributed by atoms with Crippen molar-refractivity contribution in [3.8, 4) is 0 Å². The maximum Gasteiger partial charge on any atom is 0.338 e. The summed E-state index contributed by atoms with van der Waals surface area (Å²) in [5.74, 6) is -1.37. The first-order valence-corrected chi connectivity index (χ1v) is 9.05. The minimum absolute atomic E-state index is 0.00648. The molecule has 150 valence electrons. The molecule has 2 aromatic rings. The molecule has 0 bridgehead atoms. The number of anilines is 1. The number of hydrogen-bond donors (Lipinski definition) is 2. The molecule has 0 radical (unpaired) electrons. The number of aryl methyl sites for hydroxylation is 2. The first-order chi connectivity index (χ1) is 13.8. The molecule has 2 N–H and O–H groups in total. The van der Waals surface area contributed by atoms with Gasteiger partial charge in [0.2, 0.25) is 5.91 Å². The van der Waals surface area contributed by atoms with E-state index in [1.807, 2.05) is 26.0 Å². The van der Waals surface area contributed by atoms with Crippen molar-refractivity contribution < 1.29 is 23.9 Å². The van der Waals surface area contributed by atoms with E-state index in [0.717, 1.165) is 16.0 Å². The van der Waals surface area contributed by atoms with E-state index in [0.29, 0.717) is 11.3 Å². The average molecular weight is 395 g/mol.